The molecule has 1 aromatic rings. The number of halogens is 1. The lowest BCUT2D eigenvalue weighted by atomic mass is 9.91. The third-order valence-electron chi connectivity index (χ3n) is 3.26. The van der Waals surface area contributed by atoms with Crippen molar-refractivity contribution in [2.45, 2.75) is 30.1 Å². The molecule has 2 aliphatic rings. The zero-order chi connectivity index (χ0) is 9.54. The van der Waals surface area contributed by atoms with E-state index in [2.05, 4.69) is 6.07 Å². The van der Waals surface area contributed by atoms with Gasteiger partial charge in [-0.15, -0.1) is 11.8 Å². The molecule has 1 saturated carbocycles. The molecule has 0 radical (unpaired) electrons. The molecular weight excluding hydrogens is 195 g/mol. The summed E-state index contributed by atoms with van der Waals surface area (Å²) >= 11 is 1.69. The van der Waals surface area contributed by atoms with Crippen molar-refractivity contribution in [1.82, 2.24) is 0 Å². The molecule has 1 heterocycles. The van der Waals surface area contributed by atoms with Crippen molar-refractivity contribution >= 4 is 11.8 Å². The van der Waals surface area contributed by atoms with Crippen LogP contribution in [-0.2, 0) is 0 Å². The molecule has 1 aliphatic heterocycles. The Morgan fingerprint density at radius 1 is 1.21 bits per heavy atom. The van der Waals surface area contributed by atoms with Gasteiger partial charge in [-0.3, -0.25) is 0 Å². The van der Waals surface area contributed by atoms with Gasteiger partial charge in [-0.2, -0.15) is 0 Å². The molecule has 0 N–H and O–H groups in total. The molecule has 3 rings (SSSR count). The van der Waals surface area contributed by atoms with E-state index in [-0.39, 0.29) is 5.82 Å². The molecule has 1 unspecified atom stereocenters. The smallest absolute Gasteiger partial charge is 0.137 e. The fourth-order valence-corrected chi connectivity index (χ4v) is 3.57. The zero-order valence-corrected chi connectivity index (χ0v) is 8.82. The SMILES string of the molecule is Fc1cccc2c1SCCC2C1CC1. The summed E-state index contributed by atoms with van der Waals surface area (Å²) in [6, 6.07) is 5.56. The third-order valence-corrected chi connectivity index (χ3v) is 4.42. The Kier molecular flexibility index (Phi) is 2.05. The number of hydrogen-bond donors (Lipinski definition) is 0. The van der Waals surface area contributed by atoms with E-state index in [0.29, 0.717) is 5.92 Å². The number of benzene rings is 1. The van der Waals surface area contributed by atoms with Crippen LogP contribution in [0.15, 0.2) is 23.1 Å². The van der Waals surface area contributed by atoms with Crippen LogP contribution in [0.5, 0.6) is 0 Å². The lowest BCUT2D eigenvalue weighted by molar-refractivity contribution is 0.542. The molecule has 14 heavy (non-hydrogen) atoms. The first kappa shape index (κ1) is 8.78. The Bertz CT molecular complexity index is 357. The van der Waals surface area contributed by atoms with Gasteiger partial charge >= 0.3 is 0 Å². The van der Waals surface area contributed by atoms with Gasteiger partial charge in [0.1, 0.15) is 5.82 Å². The van der Waals surface area contributed by atoms with Crippen molar-refractivity contribution in [3.05, 3.63) is 29.6 Å². The number of rotatable bonds is 1. The molecule has 2 heteroatoms. The predicted octanol–water partition coefficient (Wildman–Crippen LogP) is 3.82. The maximum atomic E-state index is 13.5. The van der Waals surface area contributed by atoms with Crippen LogP contribution in [0.25, 0.3) is 0 Å². The van der Waals surface area contributed by atoms with E-state index in [1.54, 1.807) is 17.8 Å². The average molecular weight is 208 g/mol. The maximum absolute atomic E-state index is 13.5. The molecule has 0 nitrogen and oxygen atoms in total. The highest BCUT2D eigenvalue weighted by atomic mass is 32.2. The topological polar surface area (TPSA) is 0 Å². The molecular formula is C12H13FS. The van der Waals surface area contributed by atoms with Crippen molar-refractivity contribution in [3.63, 3.8) is 0 Å². The van der Waals surface area contributed by atoms with E-state index in [1.165, 1.54) is 24.8 Å². The van der Waals surface area contributed by atoms with Gasteiger partial charge in [-0.1, -0.05) is 12.1 Å². The van der Waals surface area contributed by atoms with Gasteiger partial charge in [0.2, 0.25) is 0 Å². The molecule has 1 aromatic carbocycles. The van der Waals surface area contributed by atoms with Gasteiger partial charge in [0.05, 0.1) is 0 Å². The minimum atomic E-state index is -0.0159. The molecule has 0 saturated heterocycles. The fraction of sp³-hybridized carbons (Fsp3) is 0.500. The highest BCUT2D eigenvalue weighted by Crippen LogP contribution is 2.50. The molecule has 0 spiro atoms. The standard InChI is InChI=1S/C12H13FS/c13-11-3-1-2-10-9(8-4-5-8)6-7-14-12(10)11/h1-3,8-9H,4-7H2. The first-order chi connectivity index (χ1) is 6.86. The van der Waals surface area contributed by atoms with Crippen LogP contribution in [0, 0.1) is 11.7 Å². The number of thioether (sulfide) groups is 1. The Balaban J connectivity index is 2.05. The molecule has 1 aliphatic carbocycles. The lowest BCUT2D eigenvalue weighted by Gasteiger charge is -2.25. The quantitative estimate of drug-likeness (QED) is 0.676. The van der Waals surface area contributed by atoms with E-state index in [9.17, 15) is 4.39 Å². The van der Waals surface area contributed by atoms with Gasteiger partial charge < -0.3 is 0 Å². The zero-order valence-electron chi connectivity index (χ0n) is 8.00. The van der Waals surface area contributed by atoms with Crippen molar-refractivity contribution in [2.75, 3.05) is 5.75 Å². The monoisotopic (exact) mass is 208 g/mol. The summed E-state index contributed by atoms with van der Waals surface area (Å²) in [5.41, 5.74) is 1.28. The Labute approximate surface area is 87.9 Å². The molecule has 1 fully saturated rings. The summed E-state index contributed by atoms with van der Waals surface area (Å²) in [5, 5.41) is 0. The molecule has 0 bridgehead atoms. The molecule has 0 amide bonds. The largest absolute Gasteiger partial charge is 0.206 e. The Morgan fingerprint density at radius 3 is 2.86 bits per heavy atom. The summed E-state index contributed by atoms with van der Waals surface area (Å²) < 4.78 is 13.5. The first-order valence-corrected chi connectivity index (χ1v) is 6.26. The van der Waals surface area contributed by atoms with Crippen LogP contribution >= 0.6 is 11.8 Å². The van der Waals surface area contributed by atoms with Crippen molar-refractivity contribution in [1.29, 1.82) is 0 Å². The summed E-state index contributed by atoms with van der Waals surface area (Å²) in [5.74, 6) is 2.59. The average Bonchev–Trinajstić information content (AvgIpc) is 3.01. The highest BCUT2D eigenvalue weighted by molar-refractivity contribution is 7.99. The van der Waals surface area contributed by atoms with Crippen LogP contribution in [-0.4, -0.2) is 5.75 Å². The van der Waals surface area contributed by atoms with Gasteiger partial charge in [-0.05, 0) is 48.5 Å². The van der Waals surface area contributed by atoms with E-state index in [1.807, 2.05) is 6.07 Å². The van der Waals surface area contributed by atoms with E-state index < -0.39 is 0 Å². The normalized spacial score (nSPS) is 25.9. The first-order valence-electron chi connectivity index (χ1n) is 5.27. The molecule has 1 atom stereocenters. The number of fused-ring (bicyclic) bond motifs is 1. The second kappa shape index (κ2) is 3.27. The van der Waals surface area contributed by atoms with E-state index in [0.717, 1.165) is 16.6 Å². The molecule has 0 aromatic heterocycles. The maximum Gasteiger partial charge on any atom is 0.137 e. The summed E-state index contributed by atoms with van der Waals surface area (Å²) in [6.45, 7) is 0. The van der Waals surface area contributed by atoms with Gasteiger partial charge in [0.15, 0.2) is 0 Å². The number of hydrogen-bond acceptors (Lipinski definition) is 1. The second-order valence-electron chi connectivity index (χ2n) is 4.24. The van der Waals surface area contributed by atoms with Gasteiger partial charge in [-0.25, -0.2) is 4.39 Å². The van der Waals surface area contributed by atoms with Crippen molar-refractivity contribution in [3.8, 4) is 0 Å². The summed E-state index contributed by atoms with van der Waals surface area (Å²) in [4.78, 5) is 0.927. The Hall–Kier alpha value is -0.500. The minimum absolute atomic E-state index is 0.0159. The van der Waals surface area contributed by atoms with Crippen LogP contribution in [0.3, 0.4) is 0 Å². The van der Waals surface area contributed by atoms with Crippen LogP contribution in [0.4, 0.5) is 4.39 Å². The fourth-order valence-electron chi connectivity index (χ4n) is 2.40. The van der Waals surface area contributed by atoms with Gasteiger partial charge in [0.25, 0.3) is 0 Å². The van der Waals surface area contributed by atoms with E-state index >= 15 is 0 Å². The van der Waals surface area contributed by atoms with Crippen LogP contribution < -0.4 is 0 Å². The van der Waals surface area contributed by atoms with Gasteiger partial charge in [0, 0.05) is 4.90 Å². The molecule has 74 valence electrons. The van der Waals surface area contributed by atoms with E-state index in [4.69, 9.17) is 0 Å². The summed E-state index contributed by atoms with van der Waals surface area (Å²) in [6.07, 6.45) is 3.95. The van der Waals surface area contributed by atoms with Crippen molar-refractivity contribution in [2.24, 2.45) is 5.92 Å². The van der Waals surface area contributed by atoms with Crippen LogP contribution in [0.1, 0.15) is 30.7 Å². The minimum Gasteiger partial charge on any atom is -0.206 e. The van der Waals surface area contributed by atoms with Crippen molar-refractivity contribution < 1.29 is 4.39 Å². The second-order valence-corrected chi connectivity index (χ2v) is 5.34. The third kappa shape index (κ3) is 1.36. The highest BCUT2D eigenvalue weighted by Gasteiger charge is 2.35. The predicted molar refractivity (Wildman–Crippen MR) is 57.2 cm³/mol. The summed E-state index contributed by atoms with van der Waals surface area (Å²) in [7, 11) is 0. The van der Waals surface area contributed by atoms with Crippen LogP contribution in [0.2, 0.25) is 0 Å². The lowest BCUT2D eigenvalue weighted by Crippen LogP contribution is -2.10. The Morgan fingerprint density at radius 2 is 2.07 bits per heavy atom.